The van der Waals surface area contributed by atoms with Crippen LogP contribution < -0.4 is 4.74 Å². The van der Waals surface area contributed by atoms with E-state index in [1.165, 1.54) is 16.4 Å². The fourth-order valence-electron chi connectivity index (χ4n) is 3.03. The van der Waals surface area contributed by atoms with Crippen LogP contribution in [-0.4, -0.2) is 55.8 Å². The quantitative estimate of drug-likeness (QED) is 0.765. The Morgan fingerprint density at radius 1 is 1.00 bits per heavy atom. The molecule has 1 amide bonds. The van der Waals surface area contributed by atoms with Gasteiger partial charge in [0.2, 0.25) is 10.0 Å². The first-order valence-corrected chi connectivity index (χ1v) is 10.5. The molecule has 0 saturated carbocycles. The van der Waals surface area contributed by atoms with E-state index in [0.29, 0.717) is 5.75 Å². The Hall–Kier alpha value is -2.45. The normalized spacial score (nSPS) is 16.6. The number of ether oxygens (including phenoxy) is 1. The molecule has 3 rings (SSSR count). The number of hydrogen-bond acceptors (Lipinski definition) is 4. The summed E-state index contributed by atoms with van der Waals surface area (Å²) in [7, 11) is -3.70. The monoisotopic (exact) mass is 406 g/mol. The third-order valence-electron chi connectivity index (χ3n) is 4.68. The SMILES string of the molecule is Cc1ccc(O[C@H](C)C(=O)N2CCN(S(=O)(=O)c3ccc(F)cc3)CC2)cc1. The zero-order valence-corrected chi connectivity index (χ0v) is 16.7. The topological polar surface area (TPSA) is 66.9 Å². The molecule has 1 saturated heterocycles. The summed E-state index contributed by atoms with van der Waals surface area (Å²) in [5.41, 5.74) is 1.10. The summed E-state index contributed by atoms with van der Waals surface area (Å²) in [5.74, 6) is -0.0553. The predicted octanol–water partition coefficient (Wildman–Crippen LogP) is 2.43. The molecule has 0 aromatic heterocycles. The van der Waals surface area contributed by atoms with Crippen molar-refractivity contribution < 1.29 is 22.3 Å². The van der Waals surface area contributed by atoms with Gasteiger partial charge in [-0.05, 0) is 50.2 Å². The lowest BCUT2D eigenvalue weighted by Crippen LogP contribution is -2.53. The van der Waals surface area contributed by atoms with Crippen LogP contribution in [0.4, 0.5) is 4.39 Å². The van der Waals surface area contributed by atoms with E-state index >= 15 is 0 Å². The molecule has 0 spiro atoms. The highest BCUT2D eigenvalue weighted by Gasteiger charge is 2.32. The van der Waals surface area contributed by atoms with Crippen LogP contribution in [0, 0.1) is 12.7 Å². The third-order valence-corrected chi connectivity index (χ3v) is 6.60. The fourth-order valence-corrected chi connectivity index (χ4v) is 4.46. The van der Waals surface area contributed by atoms with E-state index in [9.17, 15) is 17.6 Å². The molecule has 1 heterocycles. The van der Waals surface area contributed by atoms with Crippen molar-refractivity contribution in [2.45, 2.75) is 24.8 Å². The number of nitrogens with zero attached hydrogens (tertiary/aromatic N) is 2. The maximum Gasteiger partial charge on any atom is 0.263 e. The number of benzene rings is 2. The summed E-state index contributed by atoms with van der Waals surface area (Å²) in [6, 6.07) is 12.2. The van der Waals surface area contributed by atoms with Gasteiger partial charge in [-0.1, -0.05) is 17.7 Å². The van der Waals surface area contributed by atoms with Crippen LogP contribution in [0.5, 0.6) is 5.75 Å². The lowest BCUT2D eigenvalue weighted by molar-refractivity contribution is -0.139. The number of sulfonamides is 1. The zero-order valence-electron chi connectivity index (χ0n) is 15.8. The van der Waals surface area contributed by atoms with Gasteiger partial charge in [0.25, 0.3) is 5.91 Å². The van der Waals surface area contributed by atoms with Crippen molar-refractivity contribution >= 4 is 15.9 Å². The second kappa shape index (κ2) is 8.28. The molecular weight excluding hydrogens is 383 g/mol. The average Bonchev–Trinajstić information content (AvgIpc) is 2.69. The molecule has 0 N–H and O–H groups in total. The number of rotatable bonds is 5. The molecular formula is C20H23FN2O4S. The molecule has 0 radical (unpaired) electrons. The van der Waals surface area contributed by atoms with Gasteiger partial charge in [-0.3, -0.25) is 4.79 Å². The van der Waals surface area contributed by atoms with Crippen LogP contribution in [-0.2, 0) is 14.8 Å². The van der Waals surface area contributed by atoms with Crippen molar-refractivity contribution in [3.8, 4) is 5.75 Å². The highest BCUT2D eigenvalue weighted by atomic mass is 32.2. The molecule has 2 aromatic carbocycles. The van der Waals surface area contributed by atoms with Crippen molar-refractivity contribution in [2.24, 2.45) is 0 Å². The van der Waals surface area contributed by atoms with E-state index in [2.05, 4.69) is 0 Å². The standard InChI is InChI=1S/C20H23FN2O4S/c1-15-3-7-18(8-4-15)27-16(2)20(24)22-11-13-23(14-12-22)28(25,26)19-9-5-17(21)6-10-19/h3-10,16H,11-14H2,1-2H3/t16-/m1/s1. The number of halogens is 1. The van der Waals surface area contributed by atoms with Gasteiger partial charge >= 0.3 is 0 Å². The van der Waals surface area contributed by atoms with Gasteiger partial charge in [0.05, 0.1) is 4.90 Å². The van der Waals surface area contributed by atoms with Crippen LogP contribution in [0.15, 0.2) is 53.4 Å². The highest BCUT2D eigenvalue weighted by molar-refractivity contribution is 7.89. The number of amides is 1. The molecule has 150 valence electrons. The first kappa shape index (κ1) is 20.3. The Labute approximate surface area is 164 Å². The Bertz CT molecular complexity index is 922. The van der Waals surface area contributed by atoms with Gasteiger partial charge in [-0.15, -0.1) is 0 Å². The van der Waals surface area contributed by atoms with Gasteiger partial charge < -0.3 is 9.64 Å². The van der Waals surface area contributed by atoms with Gasteiger partial charge in [0, 0.05) is 26.2 Å². The lowest BCUT2D eigenvalue weighted by atomic mass is 10.2. The average molecular weight is 406 g/mol. The molecule has 0 unspecified atom stereocenters. The fraction of sp³-hybridized carbons (Fsp3) is 0.350. The van der Waals surface area contributed by atoms with Crippen LogP contribution >= 0.6 is 0 Å². The van der Waals surface area contributed by atoms with Gasteiger partial charge in [-0.25, -0.2) is 12.8 Å². The molecule has 1 aliphatic heterocycles. The third kappa shape index (κ3) is 4.51. The van der Waals surface area contributed by atoms with E-state index in [1.807, 2.05) is 31.2 Å². The minimum absolute atomic E-state index is 0.0461. The molecule has 0 aliphatic carbocycles. The molecule has 1 aliphatic rings. The first-order chi connectivity index (χ1) is 13.3. The highest BCUT2D eigenvalue weighted by Crippen LogP contribution is 2.19. The molecule has 28 heavy (non-hydrogen) atoms. The molecule has 2 aromatic rings. The summed E-state index contributed by atoms with van der Waals surface area (Å²) in [6.07, 6.45) is -0.664. The summed E-state index contributed by atoms with van der Waals surface area (Å²) >= 11 is 0. The molecule has 6 nitrogen and oxygen atoms in total. The van der Waals surface area contributed by atoms with Crippen LogP contribution in [0.1, 0.15) is 12.5 Å². The number of piperazine rings is 1. The lowest BCUT2D eigenvalue weighted by Gasteiger charge is -2.35. The van der Waals surface area contributed by atoms with Crippen molar-refractivity contribution in [1.29, 1.82) is 0 Å². The van der Waals surface area contributed by atoms with Gasteiger partial charge in [0.1, 0.15) is 11.6 Å². The number of aryl methyl sites for hydroxylation is 1. The van der Waals surface area contributed by atoms with Crippen molar-refractivity contribution in [2.75, 3.05) is 26.2 Å². The largest absolute Gasteiger partial charge is 0.481 e. The predicted molar refractivity (Wildman–Crippen MR) is 103 cm³/mol. The minimum Gasteiger partial charge on any atom is -0.481 e. The van der Waals surface area contributed by atoms with Crippen LogP contribution in [0.25, 0.3) is 0 Å². The first-order valence-electron chi connectivity index (χ1n) is 9.05. The maximum absolute atomic E-state index is 13.0. The second-order valence-corrected chi connectivity index (χ2v) is 8.69. The number of carbonyl (C=O) groups excluding carboxylic acids is 1. The van der Waals surface area contributed by atoms with Crippen molar-refractivity contribution in [3.63, 3.8) is 0 Å². The molecule has 1 fully saturated rings. The Kier molecular flexibility index (Phi) is 6.00. The van der Waals surface area contributed by atoms with Gasteiger partial charge in [0.15, 0.2) is 6.10 Å². The Balaban J connectivity index is 1.58. The Morgan fingerprint density at radius 2 is 1.57 bits per heavy atom. The van der Waals surface area contributed by atoms with Gasteiger partial charge in [-0.2, -0.15) is 4.31 Å². The van der Waals surface area contributed by atoms with E-state index in [4.69, 9.17) is 4.74 Å². The van der Waals surface area contributed by atoms with E-state index in [1.54, 1.807) is 11.8 Å². The maximum atomic E-state index is 13.0. The Morgan fingerprint density at radius 3 is 2.14 bits per heavy atom. The minimum atomic E-state index is -3.70. The summed E-state index contributed by atoms with van der Waals surface area (Å²) in [4.78, 5) is 14.3. The van der Waals surface area contributed by atoms with Crippen LogP contribution in [0.2, 0.25) is 0 Å². The van der Waals surface area contributed by atoms with E-state index < -0.39 is 21.9 Å². The summed E-state index contributed by atoms with van der Waals surface area (Å²) in [5, 5.41) is 0. The summed E-state index contributed by atoms with van der Waals surface area (Å²) < 4.78 is 45.4. The smallest absolute Gasteiger partial charge is 0.263 e. The van der Waals surface area contributed by atoms with Crippen molar-refractivity contribution in [3.05, 3.63) is 59.9 Å². The molecule has 1 atom stereocenters. The number of hydrogen-bond donors (Lipinski definition) is 0. The molecule has 0 bridgehead atoms. The summed E-state index contributed by atoms with van der Waals surface area (Å²) in [6.45, 7) is 4.58. The zero-order chi connectivity index (χ0) is 20.3. The second-order valence-electron chi connectivity index (χ2n) is 6.76. The van der Waals surface area contributed by atoms with Crippen LogP contribution in [0.3, 0.4) is 0 Å². The van der Waals surface area contributed by atoms with E-state index in [0.717, 1.165) is 17.7 Å². The van der Waals surface area contributed by atoms with Crippen molar-refractivity contribution in [1.82, 2.24) is 9.21 Å². The van der Waals surface area contributed by atoms with E-state index in [-0.39, 0.29) is 37.0 Å². The molecule has 8 heteroatoms. The number of carbonyl (C=O) groups is 1.